The third-order valence-electron chi connectivity index (χ3n) is 4.89. The number of nitrogens with one attached hydrogen (secondary N) is 1. The average Bonchev–Trinajstić information content (AvgIpc) is 3.05. The molecule has 0 aliphatic carbocycles. The molecule has 5 heteroatoms. The molecule has 2 fully saturated rings. The van der Waals surface area contributed by atoms with Crippen molar-refractivity contribution in [1.82, 2.24) is 5.43 Å². The van der Waals surface area contributed by atoms with Crippen LogP contribution in [0, 0.1) is 5.92 Å². The number of rotatable bonds is 3. The lowest BCUT2D eigenvalue weighted by Crippen LogP contribution is -2.37. The number of hydrogen-bond acceptors (Lipinski definition) is 5. The SMILES string of the molecule is NNC(c1ccc2c(c1)OCCCO2)C1CC2CCC1O2. The van der Waals surface area contributed by atoms with Crippen molar-refractivity contribution in [2.24, 2.45) is 11.8 Å². The van der Waals surface area contributed by atoms with Gasteiger partial charge in [-0.1, -0.05) is 6.07 Å². The lowest BCUT2D eigenvalue weighted by atomic mass is 9.81. The Morgan fingerprint density at radius 2 is 2.00 bits per heavy atom. The van der Waals surface area contributed by atoms with Crippen LogP contribution in [0.3, 0.4) is 0 Å². The second kappa shape index (κ2) is 5.48. The van der Waals surface area contributed by atoms with Crippen LogP contribution in [0.15, 0.2) is 18.2 Å². The van der Waals surface area contributed by atoms with E-state index in [9.17, 15) is 0 Å². The maximum absolute atomic E-state index is 5.97. The molecule has 1 aromatic carbocycles. The Balaban J connectivity index is 1.60. The van der Waals surface area contributed by atoms with Crippen LogP contribution >= 0.6 is 0 Å². The predicted molar refractivity (Wildman–Crippen MR) is 78.1 cm³/mol. The van der Waals surface area contributed by atoms with Gasteiger partial charge in [0, 0.05) is 12.3 Å². The highest BCUT2D eigenvalue weighted by Crippen LogP contribution is 2.45. The first kappa shape index (κ1) is 13.4. The van der Waals surface area contributed by atoms with Crippen LogP contribution in [-0.2, 0) is 4.74 Å². The van der Waals surface area contributed by atoms with Gasteiger partial charge in [0.15, 0.2) is 11.5 Å². The molecule has 5 nitrogen and oxygen atoms in total. The van der Waals surface area contributed by atoms with Gasteiger partial charge in [0.05, 0.1) is 31.5 Å². The molecule has 21 heavy (non-hydrogen) atoms. The second-order valence-corrected chi connectivity index (χ2v) is 6.17. The molecule has 114 valence electrons. The van der Waals surface area contributed by atoms with Gasteiger partial charge in [0.2, 0.25) is 0 Å². The van der Waals surface area contributed by atoms with Crippen molar-refractivity contribution in [2.75, 3.05) is 13.2 Å². The summed E-state index contributed by atoms with van der Waals surface area (Å²) in [5.74, 6) is 7.95. The van der Waals surface area contributed by atoms with E-state index in [1.54, 1.807) is 0 Å². The summed E-state index contributed by atoms with van der Waals surface area (Å²) in [7, 11) is 0. The van der Waals surface area contributed by atoms with E-state index in [2.05, 4.69) is 17.6 Å². The topological polar surface area (TPSA) is 65.7 Å². The first-order valence-corrected chi connectivity index (χ1v) is 7.86. The molecular weight excluding hydrogens is 268 g/mol. The summed E-state index contributed by atoms with van der Waals surface area (Å²) in [6.07, 6.45) is 5.12. The Bertz CT molecular complexity index is 522. The third-order valence-corrected chi connectivity index (χ3v) is 4.89. The largest absolute Gasteiger partial charge is 0.490 e. The Hall–Kier alpha value is -1.30. The maximum Gasteiger partial charge on any atom is 0.161 e. The van der Waals surface area contributed by atoms with Gasteiger partial charge in [0.1, 0.15) is 0 Å². The molecule has 3 N–H and O–H groups in total. The zero-order chi connectivity index (χ0) is 14.2. The molecule has 3 aliphatic rings. The Morgan fingerprint density at radius 3 is 2.71 bits per heavy atom. The van der Waals surface area contributed by atoms with Crippen LogP contribution in [0.2, 0.25) is 0 Å². The van der Waals surface area contributed by atoms with Gasteiger partial charge in [-0.2, -0.15) is 0 Å². The number of hydrogen-bond donors (Lipinski definition) is 2. The van der Waals surface area contributed by atoms with E-state index in [0.717, 1.165) is 36.3 Å². The van der Waals surface area contributed by atoms with Gasteiger partial charge < -0.3 is 14.2 Å². The number of ether oxygens (including phenoxy) is 3. The summed E-state index contributed by atoms with van der Waals surface area (Å²) >= 11 is 0. The Morgan fingerprint density at radius 1 is 1.14 bits per heavy atom. The number of benzene rings is 1. The average molecular weight is 290 g/mol. The van der Waals surface area contributed by atoms with Crippen LogP contribution in [0.5, 0.6) is 11.5 Å². The minimum atomic E-state index is 0.109. The molecule has 2 saturated heterocycles. The predicted octanol–water partition coefficient (Wildman–Crippen LogP) is 1.92. The van der Waals surface area contributed by atoms with Gasteiger partial charge in [0.25, 0.3) is 0 Å². The lowest BCUT2D eigenvalue weighted by Gasteiger charge is -2.28. The van der Waals surface area contributed by atoms with E-state index >= 15 is 0 Å². The highest BCUT2D eigenvalue weighted by molar-refractivity contribution is 5.44. The van der Waals surface area contributed by atoms with E-state index in [4.69, 9.17) is 20.1 Å². The molecule has 4 atom stereocenters. The van der Waals surface area contributed by atoms with Crippen LogP contribution in [-0.4, -0.2) is 25.4 Å². The van der Waals surface area contributed by atoms with Crippen LogP contribution < -0.4 is 20.7 Å². The highest BCUT2D eigenvalue weighted by atomic mass is 16.5. The normalized spacial score (nSPS) is 32.0. The monoisotopic (exact) mass is 290 g/mol. The first-order valence-electron chi connectivity index (χ1n) is 7.86. The minimum absolute atomic E-state index is 0.109. The van der Waals surface area contributed by atoms with Gasteiger partial charge in [-0.25, -0.2) is 0 Å². The standard InChI is InChI=1S/C16H22N2O3/c17-18-16(12-9-11-3-5-13(12)21-11)10-2-4-14-15(8-10)20-7-1-6-19-14/h2,4,8,11-13,16,18H,1,3,5-7,9,17H2. The molecule has 0 radical (unpaired) electrons. The summed E-state index contributed by atoms with van der Waals surface area (Å²) in [5, 5.41) is 0. The van der Waals surface area contributed by atoms with Gasteiger partial charge in [-0.05, 0) is 37.0 Å². The first-order chi connectivity index (χ1) is 10.3. The van der Waals surface area contributed by atoms with Crippen molar-refractivity contribution in [3.8, 4) is 11.5 Å². The second-order valence-electron chi connectivity index (χ2n) is 6.17. The molecule has 4 rings (SSSR count). The molecule has 3 aliphatic heterocycles. The van der Waals surface area contributed by atoms with E-state index in [0.29, 0.717) is 31.3 Å². The van der Waals surface area contributed by atoms with E-state index in [1.165, 1.54) is 6.42 Å². The lowest BCUT2D eigenvalue weighted by molar-refractivity contribution is 0.0856. The fourth-order valence-electron chi connectivity index (χ4n) is 3.87. The minimum Gasteiger partial charge on any atom is -0.490 e. The van der Waals surface area contributed by atoms with E-state index in [-0.39, 0.29) is 6.04 Å². The maximum atomic E-state index is 5.97. The summed E-state index contributed by atoms with van der Waals surface area (Å²) in [4.78, 5) is 0. The van der Waals surface area contributed by atoms with Crippen molar-refractivity contribution in [1.29, 1.82) is 0 Å². The van der Waals surface area contributed by atoms with Gasteiger partial charge in [-0.3, -0.25) is 11.3 Å². The smallest absolute Gasteiger partial charge is 0.161 e. The van der Waals surface area contributed by atoms with E-state index < -0.39 is 0 Å². The zero-order valence-electron chi connectivity index (χ0n) is 12.1. The molecule has 3 heterocycles. The molecule has 0 spiro atoms. The van der Waals surface area contributed by atoms with Crippen molar-refractivity contribution in [3.05, 3.63) is 23.8 Å². The molecule has 2 bridgehead atoms. The van der Waals surface area contributed by atoms with Crippen molar-refractivity contribution in [3.63, 3.8) is 0 Å². The summed E-state index contributed by atoms with van der Waals surface area (Å²) in [6, 6.07) is 6.26. The summed E-state index contributed by atoms with van der Waals surface area (Å²) in [6.45, 7) is 1.42. The number of hydrazine groups is 1. The van der Waals surface area contributed by atoms with Gasteiger partial charge in [-0.15, -0.1) is 0 Å². The zero-order valence-corrected chi connectivity index (χ0v) is 12.1. The third kappa shape index (κ3) is 2.39. The number of fused-ring (bicyclic) bond motifs is 3. The summed E-state index contributed by atoms with van der Waals surface area (Å²) in [5.41, 5.74) is 4.15. The fraction of sp³-hybridized carbons (Fsp3) is 0.625. The van der Waals surface area contributed by atoms with Crippen LogP contribution in [0.4, 0.5) is 0 Å². The van der Waals surface area contributed by atoms with Crippen molar-refractivity contribution >= 4 is 0 Å². The number of nitrogens with two attached hydrogens (primary N) is 1. The molecule has 4 unspecified atom stereocenters. The Kier molecular flexibility index (Phi) is 3.49. The van der Waals surface area contributed by atoms with Crippen molar-refractivity contribution in [2.45, 2.75) is 43.9 Å². The molecule has 0 aromatic heterocycles. The van der Waals surface area contributed by atoms with E-state index in [1.807, 2.05) is 6.07 Å². The fourth-order valence-corrected chi connectivity index (χ4v) is 3.87. The van der Waals surface area contributed by atoms with Crippen LogP contribution in [0.1, 0.15) is 37.3 Å². The molecule has 1 aromatic rings. The molecule has 0 amide bonds. The molecule has 0 saturated carbocycles. The van der Waals surface area contributed by atoms with Crippen molar-refractivity contribution < 1.29 is 14.2 Å². The molecular formula is C16H22N2O3. The summed E-state index contributed by atoms with van der Waals surface area (Å²) < 4.78 is 17.4. The Labute approximate surface area is 124 Å². The highest BCUT2D eigenvalue weighted by Gasteiger charge is 2.44. The van der Waals surface area contributed by atoms with Crippen LogP contribution in [0.25, 0.3) is 0 Å². The van der Waals surface area contributed by atoms with Gasteiger partial charge >= 0.3 is 0 Å². The quantitative estimate of drug-likeness (QED) is 0.657.